The second-order valence-electron chi connectivity index (χ2n) is 6.37. The maximum Gasteiger partial charge on any atom is 0.00683 e. The monoisotopic (exact) mass is 231 g/mol. The lowest BCUT2D eigenvalue weighted by Gasteiger charge is -2.20. The molecule has 17 heavy (non-hydrogen) atoms. The van der Waals surface area contributed by atoms with Gasteiger partial charge in [0.25, 0.3) is 0 Å². The van der Waals surface area contributed by atoms with Gasteiger partial charge >= 0.3 is 0 Å². The van der Waals surface area contributed by atoms with Gasteiger partial charge in [-0.15, -0.1) is 0 Å². The highest BCUT2D eigenvalue weighted by Crippen LogP contribution is 2.24. The van der Waals surface area contributed by atoms with Crippen LogP contribution in [0.15, 0.2) is 18.2 Å². The van der Waals surface area contributed by atoms with Crippen molar-refractivity contribution in [1.29, 1.82) is 0 Å². The third-order valence-corrected chi connectivity index (χ3v) is 3.61. The minimum Gasteiger partial charge on any atom is -0.314 e. The highest BCUT2D eigenvalue weighted by atomic mass is 14.9. The van der Waals surface area contributed by atoms with E-state index >= 15 is 0 Å². The molecule has 1 heteroatoms. The molecule has 0 heterocycles. The molecule has 0 atom stereocenters. The molecule has 0 bridgehead atoms. The van der Waals surface area contributed by atoms with E-state index in [0.29, 0.717) is 0 Å². The van der Waals surface area contributed by atoms with Crippen molar-refractivity contribution in [3.8, 4) is 0 Å². The van der Waals surface area contributed by atoms with Crippen LogP contribution in [0, 0.1) is 6.92 Å². The largest absolute Gasteiger partial charge is 0.314 e. The molecule has 1 aromatic carbocycles. The second-order valence-corrected chi connectivity index (χ2v) is 6.37. The van der Waals surface area contributed by atoms with Gasteiger partial charge in [0.1, 0.15) is 0 Å². The lowest BCUT2D eigenvalue weighted by Crippen LogP contribution is -2.19. The van der Waals surface area contributed by atoms with Crippen molar-refractivity contribution >= 4 is 0 Å². The van der Waals surface area contributed by atoms with E-state index in [-0.39, 0.29) is 5.41 Å². The quantitative estimate of drug-likeness (QED) is 0.835. The van der Waals surface area contributed by atoms with E-state index in [0.717, 1.165) is 19.0 Å². The van der Waals surface area contributed by atoms with E-state index in [1.807, 2.05) is 0 Å². The van der Waals surface area contributed by atoms with E-state index in [2.05, 4.69) is 51.2 Å². The third-order valence-electron chi connectivity index (χ3n) is 3.61. The van der Waals surface area contributed by atoms with Crippen molar-refractivity contribution in [2.24, 2.45) is 0 Å². The molecule has 0 aromatic heterocycles. The highest BCUT2D eigenvalue weighted by molar-refractivity contribution is 5.34. The predicted octanol–water partition coefficient (Wildman–Crippen LogP) is 3.59. The van der Waals surface area contributed by atoms with Gasteiger partial charge in [-0.2, -0.15) is 0 Å². The van der Waals surface area contributed by atoms with Gasteiger partial charge < -0.3 is 5.32 Å². The van der Waals surface area contributed by atoms with Gasteiger partial charge in [0.2, 0.25) is 0 Å². The number of rotatable bonds is 4. The van der Waals surface area contributed by atoms with Gasteiger partial charge in [0, 0.05) is 6.04 Å². The minimum atomic E-state index is 0.259. The standard InChI is InChI=1S/C16H25N/c1-12-11-14(16(2,3)4)6-5-13(12)9-10-17-15-7-8-15/h5-6,11,15,17H,7-10H2,1-4H3. The van der Waals surface area contributed by atoms with Crippen molar-refractivity contribution in [2.75, 3.05) is 6.54 Å². The summed E-state index contributed by atoms with van der Waals surface area (Å²) in [6, 6.07) is 7.78. The number of hydrogen-bond donors (Lipinski definition) is 1. The van der Waals surface area contributed by atoms with Crippen molar-refractivity contribution in [2.45, 2.75) is 58.4 Å². The summed E-state index contributed by atoms with van der Waals surface area (Å²) in [6.07, 6.45) is 3.91. The van der Waals surface area contributed by atoms with Crippen molar-refractivity contribution in [3.63, 3.8) is 0 Å². The van der Waals surface area contributed by atoms with Crippen LogP contribution in [0.3, 0.4) is 0 Å². The molecule has 2 rings (SSSR count). The van der Waals surface area contributed by atoms with Gasteiger partial charge in [0.15, 0.2) is 0 Å². The molecule has 1 saturated carbocycles. The smallest absolute Gasteiger partial charge is 0.00683 e. The first-order valence-corrected chi connectivity index (χ1v) is 6.80. The summed E-state index contributed by atoms with van der Waals surface area (Å²) in [5.74, 6) is 0. The second kappa shape index (κ2) is 4.81. The van der Waals surface area contributed by atoms with E-state index < -0.39 is 0 Å². The van der Waals surface area contributed by atoms with Gasteiger partial charge in [-0.05, 0) is 54.8 Å². The summed E-state index contributed by atoms with van der Waals surface area (Å²) < 4.78 is 0. The Morgan fingerprint density at radius 2 is 1.94 bits per heavy atom. The molecular formula is C16H25N. The Bertz CT molecular complexity index is 383. The summed E-state index contributed by atoms with van der Waals surface area (Å²) in [4.78, 5) is 0. The summed E-state index contributed by atoms with van der Waals surface area (Å²) in [5, 5.41) is 3.58. The number of nitrogens with one attached hydrogen (secondary N) is 1. The van der Waals surface area contributed by atoms with Crippen LogP contribution in [0.25, 0.3) is 0 Å². The predicted molar refractivity (Wildman–Crippen MR) is 74.6 cm³/mol. The summed E-state index contributed by atoms with van der Waals surface area (Å²) in [7, 11) is 0. The van der Waals surface area contributed by atoms with E-state index in [4.69, 9.17) is 0 Å². The van der Waals surface area contributed by atoms with Gasteiger partial charge in [-0.3, -0.25) is 0 Å². The lowest BCUT2D eigenvalue weighted by atomic mass is 9.85. The summed E-state index contributed by atoms with van der Waals surface area (Å²) in [6.45, 7) is 10.2. The topological polar surface area (TPSA) is 12.0 Å². The fourth-order valence-corrected chi connectivity index (χ4v) is 2.14. The first-order chi connectivity index (χ1) is 7.97. The van der Waals surface area contributed by atoms with Crippen molar-refractivity contribution in [3.05, 3.63) is 34.9 Å². The van der Waals surface area contributed by atoms with Crippen LogP contribution >= 0.6 is 0 Å². The fourth-order valence-electron chi connectivity index (χ4n) is 2.14. The Hall–Kier alpha value is -0.820. The summed E-state index contributed by atoms with van der Waals surface area (Å²) >= 11 is 0. The van der Waals surface area contributed by atoms with Crippen LogP contribution in [-0.4, -0.2) is 12.6 Å². The zero-order valence-electron chi connectivity index (χ0n) is 11.6. The normalized spacial score (nSPS) is 16.2. The molecule has 0 aliphatic heterocycles. The van der Waals surface area contributed by atoms with Crippen LogP contribution in [0.1, 0.15) is 50.3 Å². The average Bonchev–Trinajstić information content (AvgIpc) is 3.02. The number of benzene rings is 1. The molecule has 1 aliphatic rings. The first-order valence-electron chi connectivity index (χ1n) is 6.80. The molecule has 0 radical (unpaired) electrons. The van der Waals surface area contributed by atoms with Gasteiger partial charge in [0.05, 0.1) is 0 Å². The molecule has 1 aliphatic carbocycles. The zero-order valence-corrected chi connectivity index (χ0v) is 11.6. The maximum absolute atomic E-state index is 3.58. The Balaban J connectivity index is 1.97. The number of aryl methyl sites for hydroxylation is 1. The van der Waals surface area contributed by atoms with Crippen LogP contribution in [0.4, 0.5) is 0 Å². The molecule has 0 spiro atoms. The Kier molecular flexibility index (Phi) is 3.58. The van der Waals surface area contributed by atoms with Crippen molar-refractivity contribution in [1.82, 2.24) is 5.32 Å². The Morgan fingerprint density at radius 3 is 2.47 bits per heavy atom. The molecule has 1 N–H and O–H groups in total. The Labute approximate surface area is 106 Å². The van der Waals surface area contributed by atoms with Gasteiger partial charge in [-0.25, -0.2) is 0 Å². The van der Waals surface area contributed by atoms with Crippen molar-refractivity contribution < 1.29 is 0 Å². The molecule has 1 fully saturated rings. The minimum absolute atomic E-state index is 0.259. The van der Waals surface area contributed by atoms with Crippen LogP contribution in [0.2, 0.25) is 0 Å². The fraction of sp³-hybridized carbons (Fsp3) is 0.625. The highest BCUT2D eigenvalue weighted by Gasteiger charge is 2.20. The van der Waals surface area contributed by atoms with Crippen LogP contribution in [-0.2, 0) is 11.8 Å². The number of hydrogen-bond acceptors (Lipinski definition) is 1. The van der Waals surface area contributed by atoms with E-state index in [9.17, 15) is 0 Å². The maximum atomic E-state index is 3.58. The molecule has 0 saturated heterocycles. The SMILES string of the molecule is Cc1cc(C(C)(C)C)ccc1CCNC1CC1. The lowest BCUT2D eigenvalue weighted by molar-refractivity contribution is 0.589. The van der Waals surface area contributed by atoms with Gasteiger partial charge in [-0.1, -0.05) is 39.0 Å². The van der Waals surface area contributed by atoms with Crippen LogP contribution in [0.5, 0.6) is 0 Å². The first kappa shape index (κ1) is 12.6. The molecule has 94 valence electrons. The van der Waals surface area contributed by atoms with Crippen LogP contribution < -0.4 is 5.32 Å². The van der Waals surface area contributed by atoms with E-state index in [1.165, 1.54) is 29.5 Å². The molecule has 0 amide bonds. The Morgan fingerprint density at radius 1 is 1.24 bits per heavy atom. The van der Waals surface area contributed by atoms with E-state index in [1.54, 1.807) is 0 Å². The molecular weight excluding hydrogens is 206 g/mol. The molecule has 1 nitrogen and oxygen atoms in total. The summed E-state index contributed by atoms with van der Waals surface area (Å²) in [5.41, 5.74) is 4.63. The third kappa shape index (κ3) is 3.57. The molecule has 0 unspecified atom stereocenters. The molecule has 1 aromatic rings. The zero-order chi connectivity index (χ0) is 12.5. The average molecular weight is 231 g/mol.